The van der Waals surface area contributed by atoms with Crippen LogP contribution >= 0.6 is 11.6 Å². The third-order valence-electron chi connectivity index (χ3n) is 6.42. The number of aromatic nitrogens is 2. The van der Waals surface area contributed by atoms with Crippen molar-refractivity contribution in [1.82, 2.24) is 14.7 Å². The summed E-state index contributed by atoms with van der Waals surface area (Å²) >= 11 is 6.28. The van der Waals surface area contributed by atoms with Crippen LogP contribution in [-0.2, 0) is 0 Å². The van der Waals surface area contributed by atoms with Crippen molar-refractivity contribution in [2.24, 2.45) is 0 Å². The minimum absolute atomic E-state index is 0.0700. The number of hydrogen-bond acceptors (Lipinski definition) is 5. The van der Waals surface area contributed by atoms with Crippen LogP contribution in [0.1, 0.15) is 17.4 Å². The Kier molecular flexibility index (Phi) is 7.32. The average molecular weight is 517 g/mol. The molecule has 0 bridgehead atoms. The molecular formula is C29H29ClN4O3. The summed E-state index contributed by atoms with van der Waals surface area (Å²) in [6.07, 6.45) is 0. The zero-order chi connectivity index (χ0) is 25.8. The fourth-order valence-electron chi connectivity index (χ4n) is 4.57. The molecule has 0 spiro atoms. The second-order valence-electron chi connectivity index (χ2n) is 8.72. The Hall–Kier alpha value is -3.97. The Balaban J connectivity index is 1.43. The lowest BCUT2D eigenvalue weighted by atomic mass is 10.1. The van der Waals surface area contributed by atoms with Crippen molar-refractivity contribution in [2.45, 2.75) is 6.92 Å². The zero-order valence-electron chi connectivity index (χ0n) is 20.9. The maximum atomic E-state index is 13.8. The van der Waals surface area contributed by atoms with Crippen LogP contribution in [0.25, 0.3) is 16.9 Å². The molecule has 0 atom stereocenters. The molecule has 1 saturated heterocycles. The molecule has 0 N–H and O–H groups in total. The molecule has 7 nitrogen and oxygen atoms in total. The third kappa shape index (κ3) is 5.27. The summed E-state index contributed by atoms with van der Waals surface area (Å²) in [6, 6.07) is 24.9. The number of piperazine rings is 1. The molecule has 0 aliphatic carbocycles. The minimum atomic E-state index is -0.0700. The summed E-state index contributed by atoms with van der Waals surface area (Å²) in [5.74, 6) is 1.53. The first-order valence-corrected chi connectivity index (χ1v) is 12.7. The largest absolute Gasteiger partial charge is 0.497 e. The lowest BCUT2D eigenvalue weighted by molar-refractivity contribution is 0.0737. The molecule has 1 aliphatic rings. The zero-order valence-corrected chi connectivity index (χ0v) is 21.7. The molecule has 0 radical (unpaired) electrons. The van der Waals surface area contributed by atoms with Crippen LogP contribution in [0.2, 0.25) is 5.02 Å². The standard InChI is InChI=1S/C29H29ClN4O3/c1-3-37-28-13-5-4-12-26(28)32-14-16-33(17-15-32)29(35)27-20-25(21-8-6-11-24(18-21)36-2)31-34(27)23-10-7-9-22(30)19-23/h4-13,18-20H,3,14-17H2,1-2H3. The van der Waals surface area contributed by atoms with E-state index in [2.05, 4.69) is 11.0 Å². The van der Waals surface area contributed by atoms with Gasteiger partial charge in [-0.3, -0.25) is 4.79 Å². The molecule has 0 saturated carbocycles. The van der Waals surface area contributed by atoms with Crippen LogP contribution < -0.4 is 14.4 Å². The van der Waals surface area contributed by atoms with Gasteiger partial charge in [0.15, 0.2) is 0 Å². The van der Waals surface area contributed by atoms with Gasteiger partial charge in [-0.15, -0.1) is 0 Å². The summed E-state index contributed by atoms with van der Waals surface area (Å²) in [5, 5.41) is 5.39. The van der Waals surface area contributed by atoms with Crippen molar-refractivity contribution in [1.29, 1.82) is 0 Å². The smallest absolute Gasteiger partial charge is 0.272 e. The van der Waals surface area contributed by atoms with Crippen molar-refractivity contribution in [3.63, 3.8) is 0 Å². The van der Waals surface area contributed by atoms with Gasteiger partial charge in [-0.05, 0) is 55.5 Å². The molecule has 8 heteroatoms. The fourth-order valence-corrected chi connectivity index (χ4v) is 4.75. The van der Waals surface area contributed by atoms with Crippen LogP contribution in [-0.4, -0.2) is 60.5 Å². The molecular weight excluding hydrogens is 488 g/mol. The number of rotatable bonds is 7. The number of ether oxygens (including phenoxy) is 2. The van der Waals surface area contributed by atoms with E-state index in [0.717, 1.165) is 28.4 Å². The average Bonchev–Trinajstić information content (AvgIpc) is 3.39. The summed E-state index contributed by atoms with van der Waals surface area (Å²) in [6.45, 7) is 5.20. The van der Waals surface area contributed by atoms with Gasteiger partial charge in [-0.25, -0.2) is 4.68 Å². The number of para-hydroxylation sites is 2. The van der Waals surface area contributed by atoms with Crippen LogP contribution in [0.15, 0.2) is 78.9 Å². The highest BCUT2D eigenvalue weighted by molar-refractivity contribution is 6.30. The third-order valence-corrected chi connectivity index (χ3v) is 6.65. The highest BCUT2D eigenvalue weighted by atomic mass is 35.5. The van der Waals surface area contributed by atoms with Crippen LogP contribution in [0, 0.1) is 0 Å². The van der Waals surface area contributed by atoms with Crippen LogP contribution in [0.3, 0.4) is 0 Å². The van der Waals surface area contributed by atoms with E-state index in [1.807, 2.05) is 78.6 Å². The molecule has 1 amide bonds. The van der Waals surface area contributed by atoms with Crippen molar-refractivity contribution in [2.75, 3.05) is 44.8 Å². The molecule has 2 heterocycles. The Morgan fingerprint density at radius 1 is 0.946 bits per heavy atom. The van der Waals surface area contributed by atoms with Crippen molar-refractivity contribution in [3.05, 3.63) is 89.6 Å². The predicted molar refractivity (Wildman–Crippen MR) is 146 cm³/mol. The van der Waals surface area contributed by atoms with Gasteiger partial charge in [0.2, 0.25) is 0 Å². The van der Waals surface area contributed by atoms with E-state index >= 15 is 0 Å². The Labute approximate surface area is 221 Å². The minimum Gasteiger partial charge on any atom is -0.497 e. The number of hydrogen-bond donors (Lipinski definition) is 0. The monoisotopic (exact) mass is 516 g/mol. The number of amides is 1. The van der Waals surface area contributed by atoms with Crippen LogP contribution in [0.4, 0.5) is 5.69 Å². The maximum Gasteiger partial charge on any atom is 0.272 e. The van der Waals surface area contributed by atoms with E-state index in [4.69, 9.17) is 26.2 Å². The molecule has 1 aliphatic heterocycles. The SMILES string of the molecule is CCOc1ccccc1N1CCN(C(=O)c2cc(-c3cccc(OC)c3)nn2-c2cccc(Cl)c2)CC1. The van der Waals surface area contributed by atoms with Crippen molar-refractivity contribution < 1.29 is 14.3 Å². The van der Waals surface area contributed by atoms with Gasteiger partial charge in [0.25, 0.3) is 5.91 Å². The lowest BCUT2D eigenvalue weighted by Crippen LogP contribution is -2.49. The van der Waals surface area contributed by atoms with Gasteiger partial charge in [-0.2, -0.15) is 5.10 Å². The molecule has 0 unspecified atom stereocenters. The summed E-state index contributed by atoms with van der Waals surface area (Å²) in [4.78, 5) is 18.0. The van der Waals surface area contributed by atoms with E-state index in [1.165, 1.54) is 0 Å². The van der Waals surface area contributed by atoms with Gasteiger partial charge in [0.1, 0.15) is 17.2 Å². The summed E-state index contributed by atoms with van der Waals surface area (Å²) in [5.41, 5.74) is 3.83. The maximum absolute atomic E-state index is 13.8. The predicted octanol–water partition coefficient (Wildman–Crippen LogP) is 5.56. The van der Waals surface area contributed by atoms with E-state index in [1.54, 1.807) is 17.9 Å². The molecule has 1 aromatic heterocycles. The van der Waals surface area contributed by atoms with Gasteiger partial charge in [0, 0.05) is 36.8 Å². The highest BCUT2D eigenvalue weighted by Gasteiger charge is 2.27. The van der Waals surface area contributed by atoms with E-state index < -0.39 is 0 Å². The van der Waals surface area contributed by atoms with Crippen molar-refractivity contribution >= 4 is 23.2 Å². The number of nitrogens with zero attached hydrogens (tertiary/aromatic N) is 4. The Morgan fingerprint density at radius 3 is 2.49 bits per heavy atom. The number of benzene rings is 3. The first-order chi connectivity index (χ1) is 18.1. The summed E-state index contributed by atoms with van der Waals surface area (Å²) in [7, 11) is 1.63. The van der Waals surface area contributed by atoms with E-state index in [-0.39, 0.29) is 5.91 Å². The van der Waals surface area contributed by atoms with E-state index in [0.29, 0.717) is 49.2 Å². The number of halogens is 1. The van der Waals surface area contributed by atoms with Gasteiger partial charge >= 0.3 is 0 Å². The molecule has 4 aromatic rings. The van der Waals surface area contributed by atoms with E-state index in [9.17, 15) is 4.79 Å². The molecule has 1 fully saturated rings. The highest BCUT2D eigenvalue weighted by Crippen LogP contribution is 2.30. The van der Waals surface area contributed by atoms with Gasteiger partial charge in [0.05, 0.1) is 30.8 Å². The summed E-state index contributed by atoms with van der Waals surface area (Å²) < 4.78 is 12.9. The van der Waals surface area contributed by atoms with Crippen LogP contribution in [0.5, 0.6) is 11.5 Å². The van der Waals surface area contributed by atoms with Gasteiger partial charge < -0.3 is 19.3 Å². The second kappa shape index (κ2) is 11.0. The number of methoxy groups -OCH3 is 1. The molecule has 3 aromatic carbocycles. The lowest BCUT2D eigenvalue weighted by Gasteiger charge is -2.36. The molecule has 37 heavy (non-hydrogen) atoms. The molecule has 190 valence electrons. The first kappa shape index (κ1) is 24.7. The second-order valence-corrected chi connectivity index (χ2v) is 9.15. The number of carbonyl (C=O) groups is 1. The quantitative estimate of drug-likeness (QED) is 0.322. The first-order valence-electron chi connectivity index (χ1n) is 12.3. The Morgan fingerprint density at radius 2 is 1.73 bits per heavy atom. The fraction of sp³-hybridized carbons (Fsp3) is 0.241. The topological polar surface area (TPSA) is 59.8 Å². The van der Waals surface area contributed by atoms with Crippen molar-refractivity contribution in [3.8, 4) is 28.4 Å². The molecule has 5 rings (SSSR count). The Bertz CT molecular complexity index is 1400. The number of carbonyl (C=O) groups excluding carboxylic acids is 1. The normalized spacial score (nSPS) is 13.5. The number of anilines is 1. The van der Waals surface area contributed by atoms with Gasteiger partial charge in [-0.1, -0.05) is 41.9 Å².